The molecule has 1 N–H and O–H groups in total. The van der Waals surface area contributed by atoms with Crippen LogP contribution in [-0.2, 0) is 9.59 Å². The Hall–Kier alpha value is -1.55. The summed E-state index contributed by atoms with van der Waals surface area (Å²) in [5.74, 6) is 0.558. The second-order valence-electron chi connectivity index (χ2n) is 6.11. The zero-order valence-electron chi connectivity index (χ0n) is 12.6. The van der Waals surface area contributed by atoms with E-state index in [1.807, 2.05) is 29.2 Å². The first-order chi connectivity index (χ1) is 10.6. The Morgan fingerprint density at radius 2 is 1.91 bits per heavy atom. The molecular formula is C17H21ClN2O2. The van der Waals surface area contributed by atoms with Gasteiger partial charge in [0.15, 0.2) is 0 Å². The molecule has 0 bridgehead atoms. The van der Waals surface area contributed by atoms with Crippen LogP contribution in [0.3, 0.4) is 0 Å². The molecule has 1 aliphatic carbocycles. The van der Waals surface area contributed by atoms with Crippen LogP contribution < -0.4 is 5.32 Å². The molecule has 0 radical (unpaired) electrons. The Morgan fingerprint density at radius 3 is 2.50 bits per heavy atom. The monoisotopic (exact) mass is 320 g/mol. The molecule has 1 atom stereocenters. The van der Waals surface area contributed by atoms with E-state index in [0.717, 1.165) is 31.4 Å². The van der Waals surface area contributed by atoms with E-state index in [0.29, 0.717) is 24.4 Å². The number of hydrogen-bond donors (Lipinski definition) is 1. The van der Waals surface area contributed by atoms with Crippen LogP contribution in [0.1, 0.15) is 43.7 Å². The van der Waals surface area contributed by atoms with Crippen LogP contribution >= 0.6 is 11.6 Å². The highest BCUT2D eigenvalue weighted by Crippen LogP contribution is 2.34. The van der Waals surface area contributed by atoms with Crippen molar-refractivity contribution >= 4 is 23.4 Å². The summed E-state index contributed by atoms with van der Waals surface area (Å²) >= 11 is 5.90. The van der Waals surface area contributed by atoms with Crippen molar-refractivity contribution < 1.29 is 9.59 Å². The lowest BCUT2D eigenvalue weighted by Crippen LogP contribution is -2.45. The van der Waals surface area contributed by atoms with Gasteiger partial charge in [-0.1, -0.05) is 23.7 Å². The number of hydrogen-bond acceptors (Lipinski definition) is 2. The highest BCUT2D eigenvalue weighted by Gasteiger charge is 2.33. The van der Waals surface area contributed by atoms with Crippen molar-refractivity contribution in [1.29, 1.82) is 0 Å². The van der Waals surface area contributed by atoms with Gasteiger partial charge in [0.25, 0.3) is 0 Å². The van der Waals surface area contributed by atoms with Crippen LogP contribution in [0.4, 0.5) is 0 Å². The lowest BCUT2D eigenvalue weighted by atomic mass is 9.94. The summed E-state index contributed by atoms with van der Waals surface area (Å²) < 4.78 is 0. The van der Waals surface area contributed by atoms with Crippen LogP contribution in [0.2, 0.25) is 5.02 Å². The molecule has 1 saturated carbocycles. The second kappa shape index (κ2) is 6.69. The molecule has 1 aromatic carbocycles. The molecule has 4 nitrogen and oxygen atoms in total. The normalized spacial score (nSPS) is 20.4. The molecule has 1 aliphatic heterocycles. The maximum absolute atomic E-state index is 12.3. The van der Waals surface area contributed by atoms with Gasteiger partial charge in [-0.2, -0.15) is 0 Å². The van der Waals surface area contributed by atoms with Gasteiger partial charge in [-0.15, -0.1) is 0 Å². The van der Waals surface area contributed by atoms with E-state index in [4.69, 9.17) is 11.6 Å². The molecule has 2 fully saturated rings. The first-order valence-corrected chi connectivity index (χ1v) is 8.35. The van der Waals surface area contributed by atoms with Crippen molar-refractivity contribution in [3.63, 3.8) is 0 Å². The molecule has 22 heavy (non-hydrogen) atoms. The number of halogens is 1. The summed E-state index contributed by atoms with van der Waals surface area (Å²) in [6, 6.07) is 7.90. The van der Waals surface area contributed by atoms with Gasteiger partial charge in [0.05, 0.1) is 6.04 Å². The van der Waals surface area contributed by atoms with Crippen LogP contribution in [0.25, 0.3) is 0 Å². The van der Waals surface area contributed by atoms with E-state index < -0.39 is 0 Å². The Morgan fingerprint density at radius 1 is 1.18 bits per heavy atom. The molecule has 1 unspecified atom stereocenters. The summed E-state index contributed by atoms with van der Waals surface area (Å²) in [6.07, 6.45) is 4.24. The van der Waals surface area contributed by atoms with E-state index >= 15 is 0 Å². The lowest BCUT2D eigenvalue weighted by Gasteiger charge is -2.41. The van der Waals surface area contributed by atoms with Crippen LogP contribution in [0.5, 0.6) is 0 Å². The summed E-state index contributed by atoms with van der Waals surface area (Å²) in [7, 11) is 0. The second-order valence-corrected chi connectivity index (χ2v) is 6.55. The molecule has 3 rings (SSSR count). The number of nitrogens with one attached hydrogen (secondary N) is 1. The third-order valence-corrected chi connectivity index (χ3v) is 4.66. The SMILES string of the molecule is O=C(NCCCC(=O)N1CCC1c1ccc(Cl)cc1)C1CC1. The number of likely N-dealkylation sites (tertiary alicyclic amines) is 1. The van der Waals surface area contributed by atoms with Crippen molar-refractivity contribution in [1.82, 2.24) is 10.2 Å². The highest BCUT2D eigenvalue weighted by atomic mass is 35.5. The molecule has 5 heteroatoms. The van der Waals surface area contributed by atoms with Crippen molar-refractivity contribution in [2.45, 2.75) is 38.1 Å². The zero-order chi connectivity index (χ0) is 15.5. The van der Waals surface area contributed by atoms with E-state index in [1.54, 1.807) is 0 Å². The minimum absolute atomic E-state index is 0.149. The smallest absolute Gasteiger partial charge is 0.223 e. The number of rotatable bonds is 6. The number of nitrogens with zero attached hydrogens (tertiary/aromatic N) is 1. The molecule has 1 heterocycles. The molecule has 1 saturated heterocycles. The van der Waals surface area contributed by atoms with E-state index in [2.05, 4.69) is 5.32 Å². The number of carbonyl (C=O) groups is 2. The van der Waals surface area contributed by atoms with Gasteiger partial charge in [0, 0.05) is 30.5 Å². The molecule has 2 amide bonds. The quantitative estimate of drug-likeness (QED) is 0.819. The van der Waals surface area contributed by atoms with Gasteiger partial charge >= 0.3 is 0 Å². The molecule has 2 aliphatic rings. The topological polar surface area (TPSA) is 49.4 Å². The van der Waals surface area contributed by atoms with E-state index in [9.17, 15) is 9.59 Å². The fourth-order valence-corrected chi connectivity index (χ4v) is 2.93. The van der Waals surface area contributed by atoms with Crippen LogP contribution in [0, 0.1) is 5.92 Å². The van der Waals surface area contributed by atoms with Gasteiger partial charge in [-0.25, -0.2) is 0 Å². The minimum Gasteiger partial charge on any atom is -0.356 e. The predicted molar refractivity (Wildman–Crippen MR) is 85.5 cm³/mol. The Balaban J connectivity index is 1.42. The maximum atomic E-state index is 12.3. The van der Waals surface area contributed by atoms with Gasteiger partial charge in [0.2, 0.25) is 11.8 Å². The van der Waals surface area contributed by atoms with Crippen molar-refractivity contribution in [3.05, 3.63) is 34.9 Å². The first kappa shape index (κ1) is 15.3. The molecule has 1 aromatic rings. The average molecular weight is 321 g/mol. The summed E-state index contributed by atoms with van der Waals surface area (Å²) in [4.78, 5) is 25.7. The third-order valence-electron chi connectivity index (χ3n) is 4.41. The molecular weight excluding hydrogens is 300 g/mol. The van der Waals surface area contributed by atoms with Crippen LogP contribution in [0.15, 0.2) is 24.3 Å². The zero-order valence-corrected chi connectivity index (χ0v) is 13.3. The van der Waals surface area contributed by atoms with Crippen molar-refractivity contribution in [3.8, 4) is 0 Å². The minimum atomic E-state index is 0.149. The summed E-state index contributed by atoms with van der Waals surface area (Å²) in [5.41, 5.74) is 1.14. The van der Waals surface area contributed by atoms with Crippen molar-refractivity contribution in [2.24, 2.45) is 5.92 Å². The van der Waals surface area contributed by atoms with Crippen molar-refractivity contribution in [2.75, 3.05) is 13.1 Å². The fourth-order valence-electron chi connectivity index (χ4n) is 2.80. The van der Waals surface area contributed by atoms with E-state index in [-0.39, 0.29) is 23.8 Å². The standard InChI is InChI=1S/C17H21ClN2O2/c18-14-7-5-12(6-8-14)15-9-11-20(15)16(21)2-1-10-19-17(22)13-3-4-13/h5-8,13,15H,1-4,9-11H2,(H,19,22). The highest BCUT2D eigenvalue weighted by molar-refractivity contribution is 6.30. The Kier molecular flexibility index (Phi) is 4.67. The third kappa shape index (κ3) is 3.61. The molecule has 0 spiro atoms. The first-order valence-electron chi connectivity index (χ1n) is 7.98. The summed E-state index contributed by atoms with van der Waals surface area (Å²) in [6.45, 7) is 1.42. The van der Waals surface area contributed by atoms with E-state index in [1.165, 1.54) is 0 Å². The van der Waals surface area contributed by atoms with Gasteiger partial charge < -0.3 is 10.2 Å². The van der Waals surface area contributed by atoms with Gasteiger partial charge in [-0.05, 0) is 43.4 Å². The maximum Gasteiger partial charge on any atom is 0.223 e. The lowest BCUT2D eigenvalue weighted by molar-refractivity contribution is -0.139. The molecule has 118 valence electrons. The number of carbonyl (C=O) groups excluding carboxylic acids is 2. The Bertz CT molecular complexity index is 554. The fraction of sp³-hybridized carbons (Fsp3) is 0.529. The van der Waals surface area contributed by atoms with Gasteiger partial charge in [0.1, 0.15) is 0 Å². The average Bonchev–Trinajstić information content (AvgIpc) is 3.29. The largest absolute Gasteiger partial charge is 0.356 e. The number of amides is 2. The van der Waals surface area contributed by atoms with Gasteiger partial charge in [-0.3, -0.25) is 9.59 Å². The number of benzene rings is 1. The van der Waals surface area contributed by atoms with Crippen LogP contribution in [-0.4, -0.2) is 29.8 Å². The summed E-state index contributed by atoms with van der Waals surface area (Å²) in [5, 5.41) is 3.61. The predicted octanol–water partition coefficient (Wildman–Crippen LogP) is 2.92. The Labute approximate surface area is 135 Å². The molecule has 0 aromatic heterocycles.